The van der Waals surface area contributed by atoms with E-state index in [0.29, 0.717) is 0 Å². The third-order valence-electron chi connectivity index (χ3n) is 1.39. The number of rotatable bonds is 3. The fourth-order valence-electron chi connectivity index (χ4n) is 0.287. The van der Waals surface area contributed by atoms with E-state index in [0.717, 1.165) is 0 Å². The van der Waals surface area contributed by atoms with Gasteiger partial charge < -0.3 is 4.98 Å². The molecule has 0 saturated heterocycles. The highest BCUT2D eigenvalue weighted by Crippen LogP contribution is 1.96. The summed E-state index contributed by atoms with van der Waals surface area (Å²) in [5.41, 5.74) is 3.92. The van der Waals surface area contributed by atoms with E-state index in [1.165, 1.54) is 0 Å². The summed E-state index contributed by atoms with van der Waals surface area (Å²) in [4.78, 5) is 3.18. The Balaban J connectivity index is 3.96. The van der Waals surface area contributed by atoms with Crippen molar-refractivity contribution in [2.75, 3.05) is 7.05 Å². The van der Waals surface area contributed by atoms with Crippen LogP contribution in [-0.2, 0) is 0 Å². The standard InChI is InChI=1S/C6H13NSi/c1-5-8(4,6-2)7-3/h5-7H,1-2H2,3-4H3. The predicted octanol–water partition coefficient (Wildman–Crippen LogP) is 1.23. The zero-order valence-corrected chi connectivity index (χ0v) is 6.57. The van der Waals surface area contributed by atoms with Crippen molar-refractivity contribution in [2.24, 2.45) is 0 Å². The van der Waals surface area contributed by atoms with Crippen LogP contribution < -0.4 is 4.98 Å². The number of nitrogens with one attached hydrogen (secondary N) is 1. The van der Waals surface area contributed by atoms with Crippen LogP contribution in [0.25, 0.3) is 0 Å². The minimum Gasteiger partial charge on any atom is -0.334 e. The summed E-state index contributed by atoms with van der Waals surface area (Å²) in [6.45, 7) is 9.55. The molecule has 0 bridgehead atoms. The van der Waals surface area contributed by atoms with Gasteiger partial charge in [-0.2, -0.15) is 0 Å². The molecule has 46 valence electrons. The van der Waals surface area contributed by atoms with Gasteiger partial charge >= 0.3 is 0 Å². The molecule has 0 aliphatic rings. The van der Waals surface area contributed by atoms with E-state index in [1.807, 2.05) is 18.4 Å². The molecule has 0 saturated carbocycles. The Kier molecular flexibility index (Phi) is 2.72. The molecule has 1 N–H and O–H groups in total. The van der Waals surface area contributed by atoms with Gasteiger partial charge in [0.25, 0.3) is 0 Å². The molecule has 0 fully saturated rings. The second-order valence-corrected chi connectivity index (χ2v) is 5.82. The second kappa shape index (κ2) is 2.84. The van der Waals surface area contributed by atoms with Crippen LogP contribution in [0.3, 0.4) is 0 Å². The maximum absolute atomic E-state index is 3.70. The van der Waals surface area contributed by atoms with Crippen LogP contribution >= 0.6 is 0 Å². The monoisotopic (exact) mass is 127 g/mol. The Bertz CT molecular complexity index is 90.7. The van der Waals surface area contributed by atoms with Gasteiger partial charge in [0, 0.05) is 0 Å². The number of hydrogen-bond acceptors (Lipinski definition) is 1. The SMILES string of the molecule is C=C[Si](C)(C=C)NC. The van der Waals surface area contributed by atoms with Gasteiger partial charge in [-0.1, -0.05) is 11.4 Å². The average Bonchev–Trinajstić information content (AvgIpc) is 1.87. The maximum Gasteiger partial charge on any atom is 0.170 e. The van der Waals surface area contributed by atoms with E-state index in [4.69, 9.17) is 0 Å². The van der Waals surface area contributed by atoms with Crippen molar-refractivity contribution >= 4 is 8.24 Å². The highest BCUT2D eigenvalue weighted by Gasteiger charge is 2.13. The van der Waals surface area contributed by atoms with E-state index in [1.54, 1.807) is 0 Å². The summed E-state index contributed by atoms with van der Waals surface area (Å²) < 4.78 is 0. The first-order valence-corrected chi connectivity index (χ1v) is 5.30. The molecular weight excluding hydrogens is 114 g/mol. The lowest BCUT2D eigenvalue weighted by atomic mass is 11.2. The van der Waals surface area contributed by atoms with Gasteiger partial charge in [0.05, 0.1) is 0 Å². The molecule has 8 heavy (non-hydrogen) atoms. The highest BCUT2D eigenvalue weighted by molar-refractivity contribution is 6.85. The minimum absolute atomic E-state index is 1.39. The Morgan fingerprint density at radius 1 is 1.38 bits per heavy atom. The van der Waals surface area contributed by atoms with Crippen LogP contribution in [0.4, 0.5) is 0 Å². The molecular formula is C6H13NSi. The molecule has 0 unspecified atom stereocenters. The Morgan fingerprint density at radius 2 is 1.75 bits per heavy atom. The molecule has 0 aliphatic carbocycles. The summed E-state index contributed by atoms with van der Waals surface area (Å²) >= 11 is 0. The topological polar surface area (TPSA) is 12.0 Å². The molecule has 0 rings (SSSR count). The van der Waals surface area contributed by atoms with E-state index in [9.17, 15) is 0 Å². The first-order valence-electron chi connectivity index (χ1n) is 2.64. The first-order chi connectivity index (χ1) is 3.68. The summed E-state index contributed by atoms with van der Waals surface area (Å²) in [5, 5.41) is 0. The lowest BCUT2D eigenvalue weighted by molar-refractivity contribution is 1.19. The van der Waals surface area contributed by atoms with Crippen LogP contribution in [0.15, 0.2) is 24.6 Å². The van der Waals surface area contributed by atoms with Gasteiger partial charge in [-0.3, -0.25) is 0 Å². The summed E-state index contributed by atoms with van der Waals surface area (Å²) in [7, 11) is 0.547. The Morgan fingerprint density at radius 3 is 1.75 bits per heavy atom. The van der Waals surface area contributed by atoms with E-state index >= 15 is 0 Å². The molecule has 1 nitrogen and oxygen atoms in total. The third-order valence-corrected chi connectivity index (χ3v) is 4.16. The third kappa shape index (κ3) is 1.64. The maximum atomic E-state index is 3.70. The van der Waals surface area contributed by atoms with Crippen LogP contribution in [0.2, 0.25) is 6.55 Å². The van der Waals surface area contributed by atoms with Gasteiger partial charge in [0.1, 0.15) is 0 Å². The Labute approximate surface area is 52.2 Å². The van der Waals surface area contributed by atoms with Crippen LogP contribution in [0.1, 0.15) is 0 Å². The van der Waals surface area contributed by atoms with Crippen LogP contribution in [0.5, 0.6) is 0 Å². The van der Waals surface area contributed by atoms with Crippen molar-refractivity contribution in [1.82, 2.24) is 4.98 Å². The van der Waals surface area contributed by atoms with Crippen molar-refractivity contribution in [3.05, 3.63) is 24.6 Å². The molecule has 0 atom stereocenters. The molecule has 0 aromatic carbocycles. The van der Waals surface area contributed by atoms with Crippen LogP contribution in [0, 0.1) is 0 Å². The van der Waals surface area contributed by atoms with E-state index < -0.39 is 8.24 Å². The van der Waals surface area contributed by atoms with E-state index in [-0.39, 0.29) is 0 Å². The van der Waals surface area contributed by atoms with Gasteiger partial charge in [-0.25, -0.2) is 0 Å². The summed E-state index contributed by atoms with van der Waals surface area (Å²) in [5.74, 6) is 0. The molecule has 0 radical (unpaired) electrons. The molecule has 2 heteroatoms. The smallest absolute Gasteiger partial charge is 0.170 e. The fraction of sp³-hybridized carbons (Fsp3) is 0.333. The van der Waals surface area contributed by atoms with Crippen LogP contribution in [-0.4, -0.2) is 15.3 Å². The zero-order chi connectivity index (χ0) is 6.62. The largest absolute Gasteiger partial charge is 0.334 e. The fourth-order valence-corrected chi connectivity index (χ4v) is 0.862. The van der Waals surface area contributed by atoms with E-state index in [2.05, 4.69) is 24.7 Å². The summed E-state index contributed by atoms with van der Waals surface area (Å²) in [6, 6.07) is 0. The normalized spacial score (nSPS) is 10.8. The molecule has 0 amide bonds. The molecule has 0 aromatic rings. The van der Waals surface area contributed by atoms with Gasteiger partial charge in [0.2, 0.25) is 0 Å². The van der Waals surface area contributed by atoms with Gasteiger partial charge in [-0.15, -0.1) is 13.2 Å². The average molecular weight is 127 g/mol. The molecule has 0 aliphatic heterocycles. The lowest BCUT2D eigenvalue weighted by Crippen LogP contribution is -2.41. The van der Waals surface area contributed by atoms with Crippen molar-refractivity contribution in [2.45, 2.75) is 6.55 Å². The highest BCUT2D eigenvalue weighted by atomic mass is 28.3. The predicted molar refractivity (Wildman–Crippen MR) is 41.1 cm³/mol. The lowest BCUT2D eigenvalue weighted by Gasteiger charge is -2.15. The quantitative estimate of drug-likeness (QED) is 0.562. The molecule has 0 spiro atoms. The first kappa shape index (κ1) is 7.66. The molecule has 0 heterocycles. The minimum atomic E-state index is -1.39. The number of hydrogen-bond donors (Lipinski definition) is 1. The van der Waals surface area contributed by atoms with Gasteiger partial charge in [0.15, 0.2) is 8.24 Å². The summed E-state index contributed by atoms with van der Waals surface area (Å²) in [6.07, 6.45) is 0. The van der Waals surface area contributed by atoms with Crippen molar-refractivity contribution in [3.8, 4) is 0 Å². The molecule has 0 aromatic heterocycles. The second-order valence-electron chi connectivity index (χ2n) is 1.94. The van der Waals surface area contributed by atoms with Crippen molar-refractivity contribution in [3.63, 3.8) is 0 Å². The van der Waals surface area contributed by atoms with Crippen molar-refractivity contribution in [1.29, 1.82) is 0 Å². The Hall–Kier alpha value is -0.343. The van der Waals surface area contributed by atoms with Gasteiger partial charge in [-0.05, 0) is 13.6 Å². The van der Waals surface area contributed by atoms with Crippen molar-refractivity contribution < 1.29 is 0 Å². The zero-order valence-electron chi connectivity index (χ0n) is 5.57.